The lowest BCUT2D eigenvalue weighted by atomic mass is 10.2. The van der Waals surface area contributed by atoms with Gasteiger partial charge >= 0.3 is 0 Å². The molecule has 0 spiro atoms. The third-order valence-electron chi connectivity index (χ3n) is 1.75. The van der Waals surface area contributed by atoms with Crippen LogP contribution in [0.3, 0.4) is 0 Å². The standard InChI is InChI=1S/C9H8BrN3S/c10-8-4-2-1-3-7(8)5-11-9-12-6-13-14-9/h1-4,6H,5H2,(H,11,12,13). The molecule has 1 heterocycles. The van der Waals surface area contributed by atoms with Gasteiger partial charge < -0.3 is 5.32 Å². The van der Waals surface area contributed by atoms with Crippen LogP contribution in [-0.2, 0) is 6.54 Å². The van der Waals surface area contributed by atoms with Crippen molar-refractivity contribution in [2.45, 2.75) is 6.54 Å². The molecule has 0 unspecified atom stereocenters. The molecule has 72 valence electrons. The number of rotatable bonds is 3. The van der Waals surface area contributed by atoms with E-state index in [1.165, 1.54) is 17.1 Å². The van der Waals surface area contributed by atoms with Gasteiger partial charge in [-0.3, -0.25) is 0 Å². The first-order valence-electron chi connectivity index (χ1n) is 4.10. The molecule has 0 saturated heterocycles. The van der Waals surface area contributed by atoms with Crippen LogP contribution in [0.1, 0.15) is 5.56 Å². The van der Waals surface area contributed by atoms with Gasteiger partial charge in [0.15, 0.2) is 0 Å². The topological polar surface area (TPSA) is 37.8 Å². The fourth-order valence-electron chi connectivity index (χ4n) is 1.06. The second-order valence-corrected chi connectivity index (χ2v) is 4.33. The number of nitrogens with zero attached hydrogens (tertiary/aromatic N) is 2. The van der Waals surface area contributed by atoms with Crippen LogP contribution in [0.4, 0.5) is 5.13 Å². The minimum absolute atomic E-state index is 0.761. The van der Waals surface area contributed by atoms with Crippen LogP contribution < -0.4 is 5.32 Å². The van der Waals surface area contributed by atoms with Crippen LogP contribution in [0.15, 0.2) is 35.1 Å². The summed E-state index contributed by atoms with van der Waals surface area (Å²) in [6.07, 6.45) is 1.55. The first kappa shape index (κ1) is 9.61. The lowest BCUT2D eigenvalue weighted by Gasteiger charge is -2.04. The number of halogens is 1. The summed E-state index contributed by atoms with van der Waals surface area (Å²) in [5.74, 6) is 0. The highest BCUT2D eigenvalue weighted by atomic mass is 79.9. The van der Waals surface area contributed by atoms with E-state index in [2.05, 4.69) is 36.7 Å². The van der Waals surface area contributed by atoms with Crippen LogP contribution in [0.2, 0.25) is 0 Å². The molecule has 14 heavy (non-hydrogen) atoms. The maximum absolute atomic E-state index is 4.04. The highest BCUT2D eigenvalue weighted by molar-refractivity contribution is 9.10. The van der Waals surface area contributed by atoms with Gasteiger partial charge in [-0.1, -0.05) is 34.1 Å². The normalized spacial score (nSPS) is 10.1. The van der Waals surface area contributed by atoms with Gasteiger partial charge in [0.1, 0.15) is 6.33 Å². The van der Waals surface area contributed by atoms with E-state index in [9.17, 15) is 0 Å². The van der Waals surface area contributed by atoms with Crippen molar-refractivity contribution in [3.8, 4) is 0 Å². The molecule has 1 aromatic carbocycles. The van der Waals surface area contributed by atoms with Crippen molar-refractivity contribution in [3.63, 3.8) is 0 Å². The lowest BCUT2D eigenvalue weighted by Crippen LogP contribution is -1.99. The Hall–Kier alpha value is -0.940. The molecule has 0 bridgehead atoms. The van der Waals surface area contributed by atoms with Crippen molar-refractivity contribution >= 4 is 32.6 Å². The summed E-state index contributed by atoms with van der Waals surface area (Å²) in [7, 11) is 0. The summed E-state index contributed by atoms with van der Waals surface area (Å²) < 4.78 is 5.02. The third kappa shape index (κ3) is 2.30. The minimum atomic E-state index is 0.761. The molecule has 0 aliphatic carbocycles. The maximum Gasteiger partial charge on any atom is 0.202 e. The van der Waals surface area contributed by atoms with Gasteiger partial charge in [0.05, 0.1) is 0 Å². The summed E-state index contributed by atoms with van der Waals surface area (Å²) in [5.41, 5.74) is 1.21. The average molecular weight is 270 g/mol. The van der Waals surface area contributed by atoms with Crippen LogP contribution in [-0.4, -0.2) is 9.36 Å². The number of hydrogen-bond donors (Lipinski definition) is 1. The quantitative estimate of drug-likeness (QED) is 0.931. The van der Waals surface area contributed by atoms with E-state index in [0.29, 0.717) is 0 Å². The zero-order valence-corrected chi connectivity index (χ0v) is 9.68. The van der Waals surface area contributed by atoms with Crippen molar-refractivity contribution < 1.29 is 0 Å². The Balaban J connectivity index is 2.02. The van der Waals surface area contributed by atoms with Crippen molar-refractivity contribution in [3.05, 3.63) is 40.6 Å². The van der Waals surface area contributed by atoms with E-state index >= 15 is 0 Å². The van der Waals surface area contributed by atoms with Crippen molar-refractivity contribution in [2.75, 3.05) is 5.32 Å². The number of nitrogens with one attached hydrogen (secondary N) is 1. The first-order valence-corrected chi connectivity index (χ1v) is 5.67. The molecular formula is C9H8BrN3S. The Bertz CT molecular complexity index is 402. The number of benzene rings is 1. The number of anilines is 1. The van der Waals surface area contributed by atoms with E-state index in [0.717, 1.165) is 16.1 Å². The predicted octanol–water partition coefficient (Wildman–Crippen LogP) is 2.91. The maximum atomic E-state index is 4.04. The number of hydrogen-bond acceptors (Lipinski definition) is 4. The Labute approximate surface area is 94.5 Å². The third-order valence-corrected chi connectivity index (χ3v) is 3.15. The second-order valence-electron chi connectivity index (χ2n) is 2.69. The van der Waals surface area contributed by atoms with E-state index in [-0.39, 0.29) is 0 Å². The van der Waals surface area contributed by atoms with Gasteiger partial charge in [-0.2, -0.15) is 4.37 Å². The predicted molar refractivity (Wildman–Crippen MR) is 61.4 cm³/mol. The summed E-state index contributed by atoms with van der Waals surface area (Å²) >= 11 is 4.85. The molecule has 2 aromatic rings. The highest BCUT2D eigenvalue weighted by Gasteiger charge is 1.99. The fourth-order valence-corrected chi connectivity index (χ4v) is 1.91. The smallest absolute Gasteiger partial charge is 0.202 e. The molecule has 5 heteroatoms. The average Bonchev–Trinajstić information content (AvgIpc) is 2.69. The summed E-state index contributed by atoms with van der Waals surface area (Å²) in [4.78, 5) is 4.04. The van der Waals surface area contributed by atoms with Gasteiger partial charge in [-0.15, -0.1) is 0 Å². The van der Waals surface area contributed by atoms with Gasteiger partial charge in [0.25, 0.3) is 0 Å². The highest BCUT2D eigenvalue weighted by Crippen LogP contribution is 2.17. The second kappa shape index (κ2) is 4.52. The fraction of sp³-hybridized carbons (Fsp3) is 0.111. The minimum Gasteiger partial charge on any atom is -0.356 e. The molecular weight excluding hydrogens is 262 g/mol. The van der Waals surface area contributed by atoms with Crippen molar-refractivity contribution in [2.24, 2.45) is 0 Å². The van der Waals surface area contributed by atoms with E-state index in [4.69, 9.17) is 0 Å². The molecule has 0 aliphatic rings. The van der Waals surface area contributed by atoms with E-state index < -0.39 is 0 Å². The Morgan fingerprint density at radius 2 is 2.21 bits per heavy atom. The SMILES string of the molecule is Brc1ccccc1CNc1ncns1. The monoisotopic (exact) mass is 269 g/mol. The van der Waals surface area contributed by atoms with Crippen LogP contribution in [0.25, 0.3) is 0 Å². The van der Waals surface area contributed by atoms with E-state index in [1.54, 1.807) is 6.33 Å². The zero-order valence-electron chi connectivity index (χ0n) is 7.27. The molecule has 3 nitrogen and oxygen atoms in total. The van der Waals surface area contributed by atoms with Gasteiger partial charge in [-0.25, -0.2) is 4.98 Å². The Morgan fingerprint density at radius 1 is 1.36 bits per heavy atom. The van der Waals surface area contributed by atoms with Crippen LogP contribution in [0.5, 0.6) is 0 Å². The van der Waals surface area contributed by atoms with Gasteiger partial charge in [0, 0.05) is 22.5 Å². The molecule has 0 atom stereocenters. The van der Waals surface area contributed by atoms with Gasteiger partial charge in [0.2, 0.25) is 5.13 Å². The van der Waals surface area contributed by atoms with Crippen molar-refractivity contribution in [1.82, 2.24) is 9.36 Å². The molecule has 0 aliphatic heterocycles. The zero-order chi connectivity index (χ0) is 9.80. The van der Waals surface area contributed by atoms with Crippen molar-refractivity contribution in [1.29, 1.82) is 0 Å². The molecule has 0 amide bonds. The molecule has 2 rings (SSSR count). The molecule has 0 saturated carbocycles. The van der Waals surface area contributed by atoms with Crippen LogP contribution in [0, 0.1) is 0 Å². The first-order chi connectivity index (χ1) is 6.86. The van der Waals surface area contributed by atoms with E-state index in [1.807, 2.05) is 18.2 Å². The Morgan fingerprint density at radius 3 is 2.93 bits per heavy atom. The Kier molecular flexibility index (Phi) is 3.10. The summed E-state index contributed by atoms with van der Waals surface area (Å²) in [5, 5.41) is 4.04. The lowest BCUT2D eigenvalue weighted by molar-refractivity contribution is 1.12. The largest absolute Gasteiger partial charge is 0.356 e. The molecule has 1 N–H and O–H groups in total. The summed E-state index contributed by atoms with van der Waals surface area (Å²) in [6.45, 7) is 0.761. The molecule has 0 fully saturated rings. The number of aromatic nitrogens is 2. The van der Waals surface area contributed by atoms with Gasteiger partial charge in [-0.05, 0) is 11.6 Å². The summed E-state index contributed by atoms with van der Waals surface area (Å²) in [6, 6.07) is 8.11. The molecule has 0 radical (unpaired) electrons. The van der Waals surface area contributed by atoms with Crippen LogP contribution >= 0.6 is 27.5 Å². The molecule has 1 aromatic heterocycles.